The zero-order valence-electron chi connectivity index (χ0n) is 10.6. The molecule has 0 atom stereocenters. The molecule has 1 aromatic heterocycles. The lowest BCUT2D eigenvalue weighted by molar-refractivity contribution is 0.534. The first-order valence-electron chi connectivity index (χ1n) is 6.51. The van der Waals surface area contributed by atoms with Gasteiger partial charge in [0.2, 0.25) is 0 Å². The fraction of sp³-hybridized carbons (Fsp3) is 0.333. The lowest BCUT2D eigenvalue weighted by atomic mass is 10.1. The molecule has 96 valence electrons. The number of fused-ring (bicyclic) bond motifs is 1. The number of aromatic nitrogens is 2. The molecule has 1 aliphatic rings. The van der Waals surface area contributed by atoms with E-state index in [9.17, 15) is 0 Å². The fourth-order valence-electron chi connectivity index (χ4n) is 2.68. The Bertz CT molecular complexity index is 652. The first-order chi connectivity index (χ1) is 9.31. The van der Waals surface area contributed by atoms with E-state index in [1.54, 1.807) is 0 Å². The van der Waals surface area contributed by atoms with Crippen molar-refractivity contribution in [1.82, 2.24) is 9.55 Å². The molecule has 0 aliphatic carbocycles. The Balaban J connectivity index is 2.17. The van der Waals surface area contributed by atoms with Crippen molar-refractivity contribution in [3.63, 3.8) is 0 Å². The van der Waals surface area contributed by atoms with Gasteiger partial charge >= 0.3 is 0 Å². The van der Waals surface area contributed by atoms with E-state index in [-0.39, 0.29) is 0 Å². The molecular weight excluding hydrogens is 302 g/mol. The molecule has 0 fully saturated rings. The van der Waals surface area contributed by atoms with Crippen LogP contribution in [0.4, 0.5) is 0 Å². The molecule has 1 aromatic carbocycles. The largest absolute Gasteiger partial charge is 0.328 e. The second kappa shape index (κ2) is 5.18. The Hall–Kier alpha value is -1.60. The van der Waals surface area contributed by atoms with Gasteiger partial charge in [-0.05, 0) is 25.3 Å². The molecule has 2 aromatic rings. The molecule has 19 heavy (non-hydrogen) atoms. The molecule has 0 spiro atoms. The van der Waals surface area contributed by atoms with Gasteiger partial charge < -0.3 is 4.57 Å². The SMILES string of the molecule is N#CCc1nc(-c2ccccc2Br)n2c1CCCC2. The highest BCUT2D eigenvalue weighted by atomic mass is 79.9. The van der Waals surface area contributed by atoms with Crippen LogP contribution in [-0.4, -0.2) is 9.55 Å². The van der Waals surface area contributed by atoms with E-state index >= 15 is 0 Å². The van der Waals surface area contributed by atoms with Crippen LogP contribution in [0.25, 0.3) is 11.4 Å². The Morgan fingerprint density at radius 1 is 1.32 bits per heavy atom. The smallest absolute Gasteiger partial charge is 0.141 e. The van der Waals surface area contributed by atoms with E-state index in [0.717, 1.165) is 34.5 Å². The highest BCUT2D eigenvalue weighted by Crippen LogP contribution is 2.31. The summed E-state index contributed by atoms with van der Waals surface area (Å²) in [4.78, 5) is 4.72. The summed E-state index contributed by atoms with van der Waals surface area (Å²) in [6.45, 7) is 1.00. The standard InChI is InChI=1S/C15H14BrN3/c16-12-6-2-1-5-11(12)15-18-13(8-9-17)14-7-3-4-10-19(14)15/h1-2,5-6H,3-4,7-8,10H2. The quantitative estimate of drug-likeness (QED) is 0.847. The third-order valence-electron chi connectivity index (χ3n) is 3.56. The molecule has 0 saturated heterocycles. The minimum Gasteiger partial charge on any atom is -0.328 e. The Kier molecular flexibility index (Phi) is 3.39. The van der Waals surface area contributed by atoms with Gasteiger partial charge in [-0.2, -0.15) is 5.26 Å². The lowest BCUT2D eigenvalue weighted by Gasteiger charge is -2.17. The van der Waals surface area contributed by atoms with Gasteiger partial charge in [0.1, 0.15) is 5.82 Å². The van der Waals surface area contributed by atoms with Gasteiger partial charge in [-0.3, -0.25) is 0 Å². The van der Waals surface area contributed by atoms with Crippen molar-refractivity contribution in [3.05, 3.63) is 40.1 Å². The van der Waals surface area contributed by atoms with E-state index < -0.39 is 0 Å². The van der Waals surface area contributed by atoms with Gasteiger partial charge in [-0.1, -0.05) is 34.1 Å². The fourth-order valence-corrected chi connectivity index (χ4v) is 3.15. The Morgan fingerprint density at radius 2 is 2.16 bits per heavy atom. The molecule has 0 unspecified atom stereocenters. The first kappa shape index (κ1) is 12.4. The molecule has 0 N–H and O–H groups in total. The zero-order valence-corrected chi connectivity index (χ0v) is 12.2. The molecule has 3 nitrogen and oxygen atoms in total. The third-order valence-corrected chi connectivity index (χ3v) is 4.25. The number of rotatable bonds is 2. The molecule has 0 saturated carbocycles. The molecule has 0 bridgehead atoms. The van der Waals surface area contributed by atoms with Crippen molar-refractivity contribution in [2.45, 2.75) is 32.2 Å². The second-order valence-electron chi connectivity index (χ2n) is 4.75. The second-order valence-corrected chi connectivity index (χ2v) is 5.61. The topological polar surface area (TPSA) is 41.6 Å². The number of nitrogens with zero attached hydrogens (tertiary/aromatic N) is 3. The monoisotopic (exact) mass is 315 g/mol. The average molecular weight is 316 g/mol. The first-order valence-corrected chi connectivity index (χ1v) is 7.30. The number of hydrogen-bond donors (Lipinski definition) is 0. The molecule has 1 aliphatic heterocycles. The molecule has 2 heterocycles. The van der Waals surface area contributed by atoms with Crippen LogP contribution in [-0.2, 0) is 19.4 Å². The van der Waals surface area contributed by atoms with Crippen molar-refractivity contribution in [3.8, 4) is 17.5 Å². The van der Waals surface area contributed by atoms with Crippen LogP contribution in [0, 0.1) is 11.3 Å². The number of hydrogen-bond acceptors (Lipinski definition) is 2. The van der Waals surface area contributed by atoms with Gasteiger partial charge in [-0.15, -0.1) is 0 Å². The number of halogens is 1. The van der Waals surface area contributed by atoms with E-state index in [2.05, 4.69) is 32.6 Å². The summed E-state index contributed by atoms with van der Waals surface area (Å²) in [5.41, 5.74) is 3.31. The molecular formula is C15H14BrN3. The summed E-state index contributed by atoms with van der Waals surface area (Å²) >= 11 is 3.59. The van der Waals surface area contributed by atoms with Crippen LogP contribution < -0.4 is 0 Å². The highest BCUT2D eigenvalue weighted by molar-refractivity contribution is 9.10. The summed E-state index contributed by atoms with van der Waals surface area (Å²) in [5, 5.41) is 8.95. The van der Waals surface area contributed by atoms with Crippen molar-refractivity contribution < 1.29 is 0 Å². The molecule has 3 rings (SSSR count). The van der Waals surface area contributed by atoms with Crippen LogP contribution >= 0.6 is 15.9 Å². The summed E-state index contributed by atoms with van der Waals surface area (Å²) < 4.78 is 3.34. The van der Waals surface area contributed by atoms with Crippen LogP contribution in [0.3, 0.4) is 0 Å². The predicted molar refractivity (Wildman–Crippen MR) is 77.6 cm³/mol. The highest BCUT2D eigenvalue weighted by Gasteiger charge is 2.21. The van der Waals surface area contributed by atoms with Crippen molar-refractivity contribution in [1.29, 1.82) is 5.26 Å². The zero-order chi connectivity index (χ0) is 13.2. The van der Waals surface area contributed by atoms with E-state index in [1.165, 1.54) is 18.5 Å². The Morgan fingerprint density at radius 3 is 2.95 bits per heavy atom. The maximum Gasteiger partial charge on any atom is 0.141 e. The minimum absolute atomic E-state index is 0.403. The van der Waals surface area contributed by atoms with Gasteiger partial charge in [-0.25, -0.2) is 4.98 Å². The van der Waals surface area contributed by atoms with Gasteiger partial charge in [0.25, 0.3) is 0 Å². The normalized spacial score (nSPS) is 13.9. The number of benzene rings is 1. The van der Waals surface area contributed by atoms with Crippen molar-refractivity contribution in [2.75, 3.05) is 0 Å². The van der Waals surface area contributed by atoms with E-state index in [4.69, 9.17) is 10.2 Å². The molecule has 0 radical (unpaired) electrons. The van der Waals surface area contributed by atoms with Crippen LogP contribution in [0.15, 0.2) is 28.7 Å². The summed E-state index contributed by atoms with van der Waals surface area (Å²) in [7, 11) is 0. The maximum absolute atomic E-state index is 8.95. The van der Waals surface area contributed by atoms with E-state index in [0.29, 0.717) is 6.42 Å². The van der Waals surface area contributed by atoms with Crippen LogP contribution in [0.1, 0.15) is 24.2 Å². The molecule has 0 amide bonds. The van der Waals surface area contributed by atoms with Gasteiger partial charge in [0.15, 0.2) is 0 Å². The Labute approximate surface area is 121 Å². The van der Waals surface area contributed by atoms with E-state index in [1.807, 2.05) is 18.2 Å². The summed E-state index contributed by atoms with van der Waals surface area (Å²) in [5.74, 6) is 0.993. The maximum atomic E-state index is 8.95. The summed E-state index contributed by atoms with van der Waals surface area (Å²) in [6, 6.07) is 10.4. The number of nitriles is 1. The van der Waals surface area contributed by atoms with Gasteiger partial charge in [0, 0.05) is 22.3 Å². The van der Waals surface area contributed by atoms with Crippen molar-refractivity contribution in [2.24, 2.45) is 0 Å². The average Bonchev–Trinajstić information content (AvgIpc) is 2.79. The third kappa shape index (κ3) is 2.19. The van der Waals surface area contributed by atoms with Gasteiger partial charge in [0.05, 0.1) is 18.2 Å². The predicted octanol–water partition coefficient (Wildman–Crippen LogP) is 3.71. The minimum atomic E-state index is 0.403. The van der Waals surface area contributed by atoms with Crippen LogP contribution in [0.5, 0.6) is 0 Å². The van der Waals surface area contributed by atoms with Crippen LogP contribution in [0.2, 0.25) is 0 Å². The summed E-state index contributed by atoms with van der Waals surface area (Å²) in [6.07, 6.45) is 3.82. The lowest BCUT2D eigenvalue weighted by Crippen LogP contribution is -2.12. The molecule has 4 heteroatoms. The van der Waals surface area contributed by atoms with Crippen molar-refractivity contribution >= 4 is 15.9 Å². The number of imidazole rings is 1.